The second-order valence-corrected chi connectivity index (χ2v) is 6.50. The van der Waals surface area contributed by atoms with Crippen molar-refractivity contribution in [3.05, 3.63) is 78.1 Å². The predicted octanol–water partition coefficient (Wildman–Crippen LogP) is 4.03. The number of rotatable bonds is 8. The van der Waals surface area contributed by atoms with Crippen LogP contribution in [-0.2, 0) is 6.42 Å². The molecule has 0 fully saturated rings. The van der Waals surface area contributed by atoms with E-state index in [2.05, 4.69) is 10.3 Å². The highest BCUT2D eigenvalue weighted by atomic mass is 16.5. The molecular weight excluding hydrogens is 366 g/mol. The zero-order chi connectivity index (χ0) is 20.6. The average Bonchev–Trinajstić information content (AvgIpc) is 2.78. The van der Waals surface area contributed by atoms with Gasteiger partial charge in [0.25, 0.3) is 5.91 Å². The molecule has 1 heterocycles. The molecule has 150 valence electrons. The Hall–Kier alpha value is -3.54. The lowest BCUT2D eigenvalue weighted by Crippen LogP contribution is -2.27. The molecule has 1 N–H and O–H groups in total. The maximum Gasteiger partial charge on any atom is 0.276 e. The van der Waals surface area contributed by atoms with E-state index in [9.17, 15) is 4.79 Å². The molecule has 0 spiro atoms. The van der Waals surface area contributed by atoms with E-state index >= 15 is 0 Å². The number of methoxy groups -OCH3 is 2. The van der Waals surface area contributed by atoms with E-state index < -0.39 is 0 Å². The van der Waals surface area contributed by atoms with Gasteiger partial charge >= 0.3 is 0 Å². The van der Waals surface area contributed by atoms with E-state index in [1.54, 1.807) is 38.4 Å². The topological polar surface area (TPSA) is 63.7 Å². The van der Waals surface area contributed by atoms with Gasteiger partial charge < -0.3 is 19.7 Å². The van der Waals surface area contributed by atoms with E-state index in [4.69, 9.17) is 9.47 Å². The minimum absolute atomic E-state index is 0.153. The summed E-state index contributed by atoms with van der Waals surface area (Å²) in [7, 11) is 5.00. The molecule has 29 heavy (non-hydrogen) atoms. The molecule has 0 saturated carbocycles. The highest BCUT2D eigenvalue weighted by Crippen LogP contribution is 2.27. The standard InChI is InChI=1S/C23H25N3O3/c1-26(19-7-5-4-6-8-19)23(27)20-16-18(12-14-25-20)24-13-11-17-9-10-21(28-2)22(15-17)29-3/h4-10,12,14-16H,11,13H2,1-3H3,(H,24,25). The summed E-state index contributed by atoms with van der Waals surface area (Å²) in [5.74, 6) is 1.27. The summed E-state index contributed by atoms with van der Waals surface area (Å²) in [6, 6.07) is 19.0. The van der Waals surface area contributed by atoms with Crippen LogP contribution in [-0.4, -0.2) is 38.7 Å². The fourth-order valence-corrected chi connectivity index (χ4v) is 2.99. The number of hydrogen-bond donors (Lipinski definition) is 1. The van der Waals surface area contributed by atoms with Crippen LogP contribution in [0.4, 0.5) is 11.4 Å². The zero-order valence-corrected chi connectivity index (χ0v) is 16.9. The Morgan fingerprint density at radius 2 is 1.76 bits per heavy atom. The van der Waals surface area contributed by atoms with Gasteiger partial charge in [0.05, 0.1) is 14.2 Å². The first-order valence-corrected chi connectivity index (χ1v) is 9.36. The van der Waals surface area contributed by atoms with Crippen molar-refractivity contribution >= 4 is 17.3 Å². The normalized spacial score (nSPS) is 10.3. The third-order valence-electron chi connectivity index (χ3n) is 4.62. The van der Waals surface area contributed by atoms with Crippen LogP contribution in [0.5, 0.6) is 11.5 Å². The number of hydrogen-bond acceptors (Lipinski definition) is 5. The first-order valence-electron chi connectivity index (χ1n) is 9.36. The summed E-state index contributed by atoms with van der Waals surface area (Å²) in [4.78, 5) is 18.6. The number of nitrogens with zero attached hydrogens (tertiary/aromatic N) is 2. The number of pyridine rings is 1. The second kappa shape index (κ2) is 9.59. The highest BCUT2D eigenvalue weighted by Gasteiger charge is 2.15. The molecule has 0 aliphatic carbocycles. The van der Waals surface area contributed by atoms with Crippen LogP contribution >= 0.6 is 0 Å². The highest BCUT2D eigenvalue weighted by molar-refractivity contribution is 6.04. The van der Waals surface area contributed by atoms with E-state index in [-0.39, 0.29) is 5.91 Å². The van der Waals surface area contributed by atoms with Gasteiger partial charge in [0.1, 0.15) is 5.69 Å². The number of aromatic nitrogens is 1. The third-order valence-corrected chi connectivity index (χ3v) is 4.62. The van der Waals surface area contributed by atoms with Crippen molar-refractivity contribution in [2.24, 2.45) is 0 Å². The summed E-state index contributed by atoms with van der Waals surface area (Å²) in [5.41, 5.74) is 3.20. The van der Waals surface area contributed by atoms with E-state index in [0.717, 1.165) is 23.4 Å². The Labute approximate surface area is 171 Å². The smallest absolute Gasteiger partial charge is 0.276 e. The first kappa shape index (κ1) is 20.2. The van der Waals surface area contributed by atoms with E-state index in [0.29, 0.717) is 23.7 Å². The van der Waals surface area contributed by atoms with Crippen LogP contribution in [0.15, 0.2) is 66.9 Å². The van der Waals surface area contributed by atoms with Gasteiger partial charge in [-0.1, -0.05) is 24.3 Å². The fraction of sp³-hybridized carbons (Fsp3) is 0.217. The Morgan fingerprint density at radius 3 is 2.48 bits per heavy atom. The number of ether oxygens (including phenoxy) is 2. The molecule has 2 aromatic carbocycles. The summed E-state index contributed by atoms with van der Waals surface area (Å²) in [6.45, 7) is 0.710. The lowest BCUT2D eigenvalue weighted by atomic mass is 10.1. The molecule has 0 radical (unpaired) electrons. The molecule has 1 amide bonds. The summed E-state index contributed by atoms with van der Waals surface area (Å²) in [6.07, 6.45) is 2.45. The van der Waals surface area contributed by atoms with Gasteiger partial charge in [-0.05, 0) is 48.4 Å². The van der Waals surface area contributed by atoms with Crippen molar-refractivity contribution in [3.63, 3.8) is 0 Å². The lowest BCUT2D eigenvalue weighted by molar-refractivity contribution is 0.0988. The van der Waals surface area contributed by atoms with Gasteiger partial charge in [-0.25, -0.2) is 0 Å². The van der Waals surface area contributed by atoms with Crippen LogP contribution in [0, 0.1) is 0 Å². The van der Waals surface area contributed by atoms with Crippen molar-refractivity contribution in [1.29, 1.82) is 0 Å². The van der Waals surface area contributed by atoms with Crippen molar-refractivity contribution in [2.45, 2.75) is 6.42 Å². The van der Waals surface area contributed by atoms with Crippen LogP contribution < -0.4 is 19.7 Å². The number of carbonyl (C=O) groups excluding carboxylic acids is 1. The number of para-hydroxylation sites is 1. The van der Waals surface area contributed by atoms with Crippen LogP contribution in [0.25, 0.3) is 0 Å². The molecule has 0 aliphatic heterocycles. The zero-order valence-electron chi connectivity index (χ0n) is 16.9. The van der Waals surface area contributed by atoms with E-state index in [1.165, 1.54) is 0 Å². The van der Waals surface area contributed by atoms with Gasteiger partial charge in [0.15, 0.2) is 11.5 Å². The van der Waals surface area contributed by atoms with Crippen molar-refractivity contribution < 1.29 is 14.3 Å². The minimum atomic E-state index is -0.153. The van der Waals surface area contributed by atoms with Gasteiger partial charge in [-0.3, -0.25) is 9.78 Å². The first-order chi connectivity index (χ1) is 14.1. The molecule has 3 aromatic rings. The predicted molar refractivity (Wildman–Crippen MR) is 115 cm³/mol. The molecule has 0 atom stereocenters. The third kappa shape index (κ3) is 5.04. The second-order valence-electron chi connectivity index (χ2n) is 6.50. The van der Waals surface area contributed by atoms with Crippen LogP contribution in [0.1, 0.15) is 16.1 Å². The molecule has 0 unspecified atom stereocenters. The number of carbonyl (C=O) groups is 1. The number of benzene rings is 2. The minimum Gasteiger partial charge on any atom is -0.493 e. The summed E-state index contributed by atoms with van der Waals surface area (Å²) >= 11 is 0. The Balaban J connectivity index is 1.62. The van der Waals surface area contributed by atoms with Crippen molar-refractivity contribution in [2.75, 3.05) is 38.0 Å². The van der Waals surface area contributed by atoms with E-state index in [1.807, 2.05) is 54.6 Å². The Kier molecular flexibility index (Phi) is 6.68. The summed E-state index contributed by atoms with van der Waals surface area (Å²) < 4.78 is 10.6. The number of nitrogens with one attached hydrogen (secondary N) is 1. The quantitative estimate of drug-likeness (QED) is 0.628. The maximum atomic E-state index is 12.7. The SMILES string of the molecule is COc1ccc(CCNc2ccnc(C(=O)N(C)c3ccccc3)c2)cc1OC. The fourth-order valence-electron chi connectivity index (χ4n) is 2.99. The molecule has 0 saturated heterocycles. The molecule has 6 heteroatoms. The molecule has 1 aromatic heterocycles. The Morgan fingerprint density at radius 1 is 1.00 bits per heavy atom. The summed E-state index contributed by atoms with van der Waals surface area (Å²) in [5, 5.41) is 3.35. The number of anilines is 2. The van der Waals surface area contributed by atoms with Crippen LogP contribution in [0.2, 0.25) is 0 Å². The van der Waals surface area contributed by atoms with Gasteiger partial charge in [-0.15, -0.1) is 0 Å². The largest absolute Gasteiger partial charge is 0.493 e. The molecule has 0 aliphatic rings. The van der Waals surface area contributed by atoms with Gasteiger partial charge in [-0.2, -0.15) is 0 Å². The molecular formula is C23H25N3O3. The van der Waals surface area contributed by atoms with Crippen molar-refractivity contribution in [1.82, 2.24) is 4.98 Å². The van der Waals surface area contributed by atoms with Gasteiger partial charge in [0.2, 0.25) is 0 Å². The van der Waals surface area contributed by atoms with Gasteiger partial charge in [0, 0.05) is 31.2 Å². The lowest BCUT2D eigenvalue weighted by Gasteiger charge is -2.17. The monoisotopic (exact) mass is 391 g/mol. The molecule has 3 rings (SSSR count). The molecule has 6 nitrogen and oxygen atoms in total. The van der Waals surface area contributed by atoms with Crippen molar-refractivity contribution in [3.8, 4) is 11.5 Å². The average molecular weight is 391 g/mol. The van der Waals surface area contributed by atoms with Crippen LogP contribution in [0.3, 0.4) is 0 Å². The maximum absolute atomic E-state index is 12.7. The Bertz CT molecular complexity index is 961. The molecule has 0 bridgehead atoms. The number of amides is 1.